The number of carbonyl (C=O) groups excluding carboxylic acids is 2. The molecule has 0 aliphatic carbocycles. The molecule has 0 bridgehead atoms. The number of carboxylic acid groups (broad SMARTS) is 1. The highest BCUT2D eigenvalue weighted by Gasteiger charge is 2.31. The maximum Gasteiger partial charge on any atom is 0.341 e. The second-order valence-corrected chi connectivity index (χ2v) is 6.57. The molecule has 2 rings (SSSR count). The minimum Gasteiger partial charge on any atom is -0.481 e. The van der Waals surface area contributed by atoms with Crippen molar-refractivity contribution in [1.29, 1.82) is 0 Å². The van der Waals surface area contributed by atoms with E-state index < -0.39 is 11.9 Å². The number of nitrogens with zero attached hydrogens (tertiary/aromatic N) is 1. The summed E-state index contributed by atoms with van der Waals surface area (Å²) in [5.41, 5.74) is 5.22. The molecule has 0 fully saturated rings. The summed E-state index contributed by atoms with van der Waals surface area (Å²) in [6.07, 6.45) is 4.73. The number of isocyanates is 1. The highest BCUT2D eigenvalue weighted by Crippen LogP contribution is 2.39. The Hall–Kier alpha value is -2.72. The highest BCUT2D eigenvalue weighted by molar-refractivity contribution is 6.00. The van der Waals surface area contributed by atoms with Crippen LogP contribution in [0, 0.1) is 12.8 Å². The first-order valence-corrected chi connectivity index (χ1v) is 8.62. The number of aliphatic imine (C=N–C) groups is 1. The van der Waals surface area contributed by atoms with Crippen molar-refractivity contribution < 1.29 is 24.2 Å². The van der Waals surface area contributed by atoms with E-state index in [0.29, 0.717) is 17.7 Å². The second-order valence-electron chi connectivity index (χ2n) is 6.57. The van der Waals surface area contributed by atoms with Crippen molar-refractivity contribution in [3.63, 3.8) is 0 Å². The Balaban J connectivity index is 2.55. The van der Waals surface area contributed by atoms with Gasteiger partial charge >= 0.3 is 11.9 Å². The summed E-state index contributed by atoms with van der Waals surface area (Å²) in [6.45, 7) is 7.89. The lowest BCUT2D eigenvalue weighted by Crippen LogP contribution is -2.07. The molecule has 1 heterocycles. The van der Waals surface area contributed by atoms with E-state index in [9.17, 15) is 14.4 Å². The van der Waals surface area contributed by atoms with Gasteiger partial charge in [-0.2, -0.15) is 4.99 Å². The molecule has 1 N–H and O–H groups in total. The molecule has 0 radical (unpaired) electrons. The van der Waals surface area contributed by atoms with E-state index in [-0.39, 0.29) is 18.9 Å². The minimum absolute atomic E-state index is 0.0534. The molecule has 1 aliphatic rings. The van der Waals surface area contributed by atoms with Gasteiger partial charge in [0.1, 0.15) is 6.61 Å². The number of carbonyl (C=O) groups is 2. The van der Waals surface area contributed by atoms with Crippen LogP contribution in [0.3, 0.4) is 0 Å². The average molecular weight is 357 g/mol. The summed E-state index contributed by atoms with van der Waals surface area (Å²) in [5.74, 6) is -1.42. The average Bonchev–Trinajstić information content (AvgIpc) is 2.97. The van der Waals surface area contributed by atoms with Crippen molar-refractivity contribution >= 4 is 23.7 Å². The Morgan fingerprint density at radius 2 is 2.12 bits per heavy atom. The van der Waals surface area contributed by atoms with Gasteiger partial charge in [0.25, 0.3) is 0 Å². The fourth-order valence-electron chi connectivity index (χ4n) is 3.40. The van der Waals surface area contributed by atoms with Crippen molar-refractivity contribution in [2.75, 3.05) is 0 Å². The van der Waals surface area contributed by atoms with Gasteiger partial charge in [-0.15, -0.1) is 0 Å². The van der Waals surface area contributed by atoms with Crippen molar-refractivity contribution in [2.24, 2.45) is 10.9 Å². The molecule has 26 heavy (non-hydrogen) atoms. The number of hydrogen-bond donors (Lipinski definition) is 1. The summed E-state index contributed by atoms with van der Waals surface area (Å²) in [7, 11) is 0. The SMILES string of the molecule is CCc1c(C)c2c(c(N=C=O)c1C/C=C(\C)C(C)CC(=O)O)C(=O)OC2. The van der Waals surface area contributed by atoms with Gasteiger partial charge in [0.05, 0.1) is 17.7 Å². The zero-order valence-electron chi connectivity index (χ0n) is 15.5. The topological polar surface area (TPSA) is 93.0 Å². The van der Waals surface area contributed by atoms with Gasteiger partial charge in [-0.1, -0.05) is 25.5 Å². The number of hydrogen-bond acceptors (Lipinski definition) is 5. The number of ether oxygens (including phenoxy) is 1. The summed E-state index contributed by atoms with van der Waals surface area (Å²) >= 11 is 0. The number of cyclic esters (lactones) is 1. The molecule has 138 valence electrons. The van der Waals surface area contributed by atoms with Gasteiger partial charge in [-0.3, -0.25) is 4.79 Å². The van der Waals surface area contributed by atoms with Crippen LogP contribution in [0.5, 0.6) is 0 Å². The lowest BCUT2D eigenvalue weighted by atomic mass is 9.87. The Morgan fingerprint density at radius 3 is 2.69 bits per heavy atom. The van der Waals surface area contributed by atoms with Gasteiger partial charge in [-0.05, 0) is 49.3 Å². The Kier molecular flexibility index (Phi) is 6.11. The van der Waals surface area contributed by atoms with Gasteiger partial charge in [0, 0.05) is 5.56 Å². The second kappa shape index (κ2) is 8.11. The maximum atomic E-state index is 12.1. The largest absolute Gasteiger partial charge is 0.481 e. The molecule has 0 amide bonds. The van der Waals surface area contributed by atoms with Crippen LogP contribution >= 0.6 is 0 Å². The first kappa shape index (κ1) is 19.6. The number of allylic oxidation sites excluding steroid dienone is 2. The number of rotatable bonds is 7. The van der Waals surface area contributed by atoms with E-state index in [1.54, 1.807) is 6.08 Å². The number of benzene rings is 1. The molecular formula is C20H23NO5. The molecule has 0 aromatic heterocycles. The maximum absolute atomic E-state index is 12.1. The lowest BCUT2D eigenvalue weighted by molar-refractivity contribution is -0.137. The van der Waals surface area contributed by atoms with Crippen molar-refractivity contribution in [3.05, 3.63) is 39.5 Å². The third-order valence-corrected chi connectivity index (χ3v) is 5.04. The molecule has 1 aliphatic heterocycles. The molecule has 6 heteroatoms. The van der Waals surface area contributed by atoms with E-state index in [1.807, 2.05) is 33.8 Å². The zero-order chi connectivity index (χ0) is 19.4. The van der Waals surface area contributed by atoms with Crippen LogP contribution in [0.2, 0.25) is 0 Å². The molecule has 1 unspecified atom stereocenters. The quantitative estimate of drug-likeness (QED) is 0.347. The van der Waals surface area contributed by atoms with Crippen molar-refractivity contribution in [3.8, 4) is 0 Å². The zero-order valence-corrected chi connectivity index (χ0v) is 15.5. The highest BCUT2D eigenvalue weighted by atomic mass is 16.5. The van der Waals surface area contributed by atoms with Gasteiger partial charge in [0.2, 0.25) is 6.08 Å². The third-order valence-electron chi connectivity index (χ3n) is 5.04. The van der Waals surface area contributed by atoms with Gasteiger partial charge in [-0.25, -0.2) is 9.59 Å². The Morgan fingerprint density at radius 1 is 1.42 bits per heavy atom. The first-order valence-electron chi connectivity index (χ1n) is 8.62. The molecule has 1 aromatic rings. The predicted octanol–water partition coefficient (Wildman–Crippen LogP) is 3.79. The predicted molar refractivity (Wildman–Crippen MR) is 96.3 cm³/mol. The molecule has 1 aromatic carbocycles. The van der Waals surface area contributed by atoms with Crippen LogP contribution < -0.4 is 0 Å². The Bertz CT molecular complexity index is 831. The molecule has 0 spiro atoms. The lowest BCUT2D eigenvalue weighted by Gasteiger charge is -2.17. The summed E-state index contributed by atoms with van der Waals surface area (Å²) in [5, 5.41) is 8.95. The minimum atomic E-state index is -0.845. The first-order chi connectivity index (χ1) is 12.3. The van der Waals surface area contributed by atoms with Gasteiger partial charge in [0.15, 0.2) is 0 Å². The normalized spacial score (nSPS) is 14.5. The fraction of sp³-hybridized carbons (Fsp3) is 0.450. The van der Waals surface area contributed by atoms with E-state index in [1.165, 1.54) is 0 Å². The number of carboxylic acids is 1. The van der Waals surface area contributed by atoms with Crippen LogP contribution in [-0.4, -0.2) is 23.1 Å². The number of fused-ring (bicyclic) bond motifs is 1. The molecular weight excluding hydrogens is 334 g/mol. The van der Waals surface area contributed by atoms with E-state index in [2.05, 4.69) is 4.99 Å². The van der Waals surface area contributed by atoms with Crippen molar-refractivity contribution in [2.45, 2.75) is 53.6 Å². The van der Waals surface area contributed by atoms with Crippen molar-refractivity contribution in [1.82, 2.24) is 0 Å². The van der Waals surface area contributed by atoms with E-state index in [4.69, 9.17) is 9.84 Å². The van der Waals surface area contributed by atoms with E-state index in [0.717, 1.165) is 34.2 Å². The Labute approximate surface area is 152 Å². The third kappa shape index (κ3) is 3.75. The summed E-state index contributed by atoms with van der Waals surface area (Å²) in [6, 6.07) is 0. The summed E-state index contributed by atoms with van der Waals surface area (Å²) < 4.78 is 5.14. The standard InChI is InChI=1S/C20H23NO5/c1-5-14-13(4)16-9-26-20(25)18(16)19(21-10-22)15(14)7-6-11(2)12(3)8-17(23)24/h6,12H,5,7-9H2,1-4H3,(H,23,24)/b11-6+. The molecule has 1 atom stereocenters. The molecule has 0 saturated heterocycles. The molecule has 6 nitrogen and oxygen atoms in total. The van der Waals surface area contributed by atoms with Crippen LogP contribution in [0.15, 0.2) is 16.6 Å². The monoisotopic (exact) mass is 357 g/mol. The van der Waals surface area contributed by atoms with Crippen LogP contribution in [-0.2, 0) is 33.8 Å². The van der Waals surface area contributed by atoms with E-state index >= 15 is 0 Å². The van der Waals surface area contributed by atoms with Crippen LogP contribution in [0.25, 0.3) is 0 Å². The fourth-order valence-corrected chi connectivity index (χ4v) is 3.40. The number of esters is 1. The number of aliphatic carboxylic acids is 1. The molecule has 0 saturated carbocycles. The van der Waals surface area contributed by atoms with Crippen LogP contribution in [0.4, 0.5) is 5.69 Å². The smallest absolute Gasteiger partial charge is 0.341 e. The summed E-state index contributed by atoms with van der Waals surface area (Å²) in [4.78, 5) is 37.8. The van der Waals surface area contributed by atoms with Gasteiger partial charge < -0.3 is 9.84 Å². The van der Waals surface area contributed by atoms with Crippen LogP contribution in [0.1, 0.15) is 59.8 Å².